The van der Waals surface area contributed by atoms with Crippen LogP contribution in [0.4, 0.5) is 0 Å². The van der Waals surface area contributed by atoms with Crippen LogP contribution in [0.3, 0.4) is 0 Å². The minimum atomic E-state index is -4.64. The van der Waals surface area contributed by atoms with E-state index >= 15 is 0 Å². The molecule has 0 aliphatic rings. The van der Waals surface area contributed by atoms with Gasteiger partial charge >= 0.3 is 36.8 Å². The molecule has 0 aliphatic heterocycles. The zero-order valence-electron chi connectivity index (χ0n) is 21.4. The van der Waals surface area contributed by atoms with E-state index in [0.717, 1.165) is 12.8 Å². The molecular formula is C22H49MgO6P. The van der Waals surface area contributed by atoms with Crippen molar-refractivity contribution in [2.45, 2.75) is 135 Å². The van der Waals surface area contributed by atoms with Crippen molar-refractivity contribution >= 4 is 36.8 Å². The Hall–Kier alpha value is 0.346. The number of carboxylic acid groups (broad SMARTS) is 1. The van der Waals surface area contributed by atoms with Crippen molar-refractivity contribution in [3.05, 3.63) is 0 Å². The van der Waals surface area contributed by atoms with Crippen LogP contribution < -0.4 is 0 Å². The molecule has 180 valence electrons. The Morgan fingerprint density at radius 3 is 1.00 bits per heavy atom. The molecule has 4 N–H and O–H groups in total. The third-order valence-corrected chi connectivity index (χ3v) is 4.99. The van der Waals surface area contributed by atoms with Crippen LogP contribution in [0.1, 0.15) is 138 Å². The van der Waals surface area contributed by atoms with Crippen LogP contribution in [0.25, 0.3) is 0 Å². The first kappa shape index (κ1) is 34.9. The summed E-state index contributed by atoms with van der Waals surface area (Å²) in [4.78, 5) is 31.9. The molecule has 8 heteroatoms. The Bertz CT molecular complexity index is 392. The second-order valence-corrected chi connectivity index (χ2v) is 9.05. The maximum Gasteiger partial charge on any atom is 2.00 e. The van der Waals surface area contributed by atoms with Gasteiger partial charge < -0.3 is 22.6 Å². The first-order valence-electron chi connectivity index (χ1n) is 11.8. The normalized spacial score (nSPS) is 10.8. The number of carbonyl (C=O) groups is 1. The molecule has 0 aromatic carbocycles. The van der Waals surface area contributed by atoms with Gasteiger partial charge in [0.1, 0.15) is 0 Å². The standard InChI is InChI=1S/C22H44O2.Mg.H3O4P.2H/c1-2-3-4-5-6-7-8-9-10-11-12-13-14-15-16-17-18-19-20-21-22(23)24;;1-5(2,3)4;;/h2-21H2,1H3,(H,23,24);;(H3,1,2,3,4);;/q;+2;;2*-1. The number of hydrogen-bond acceptors (Lipinski definition) is 2. The van der Waals surface area contributed by atoms with Gasteiger partial charge in [-0.05, 0) is 6.42 Å². The van der Waals surface area contributed by atoms with Gasteiger partial charge in [0, 0.05) is 6.42 Å². The Kier molecular flexibility index (Phi) is 31.9. The van der Waals surface area contributed by atoms with Gasteiger partial charge in [0.25, 0.3) is 0 Å². The molecule has 0 spiro atoms. The minimum Gasteiger partial charge on any atom is -1.00 e. The molecule has 6 nitrogen and oxygen atoms in total. The molecule has 0 atom stereocenters. The smallest absolute Gasteiger partial charge is 1.00 e. The maximum atomic E-state index is 10.4. The van der Waals surface area contributed by atoms with Crippen molar-refractivity contribution in [1.29, 1.82) is 0 Å². The van der Waals surface area contributed by atoms with Crippen molar-refractivity contribution in [3.63, 3.8) is 0 Å². The van der Waals surface area contributed by atoms with Crippen molar-refractivity contribution in [1.82, 2.24) is 0 Å². The van der Waals surface area contributed by atoms with Crippen molar-refractivity contribution in [2.75, 3.05) is 0 Å². The van der Waals surface area contributed by atoms with Gasteiger partial charge in [-0.15, -0.1) is 0 Å². The van der Waals surface area contributed by atoms with Gasteiger partial charge in [-0.1, -0.05) is 122 Å². The number of rotatable bonds is 20. The Morgan fingerprint density at radius 1 is 0.600 bits per heavy atom. The minimum absolute atomic E-state index is 0. The predicted molar refractivity (Wildman–Crippen MR) is 128 cm³/mol. The fourth-order valence-electron chi connectivity index (χ4n) is 3.35. The van der Waals surface area contributed by atoms with E-state index in [1.165, 1.54) is 109 Å². The van der Waals surface area contributed by atoms with Crippen LogP contribution >= 0.6 is 7.82 Å². The maximum absolute atomic E-state index is 10.4. The SMILES string of the molecule is CCCCCCCCCCCCCCCCCCCCCC(=O)O.O=P(O)(O)O.[H-].[H-].[Mg+2]. The summed E-state index contributed by atoms with van der Waals surface area (Å²) in [5.74, 6) is -0.651. The van der Waals surface area contributed by atoms with E-state index in [0.29, 0.717) is 6.42 Å². The summed E-state index contributed by atoms with van der Waals surface area (Å²) in [7, 11) is -4.64. The number of aliphatic carboxylic acids is 1. The van der Waals surface area contributed by atoms with Gasteiger partial charge in [0.2, 0.25) is 0 Å². The molecular weight excluding hydrogens is 416 g/mol. The fraction of sp³-hybridized carbons (Fsp3) is 0.955. The summed E-state index contributed by atoms with van der Waals surface area (Å²) in [5.41, 5.74) is 0. The van der Waals surface area contributed by atoms with E-state index in [1.807, 2.05) is 0 Å². The molecule has 0 unspecified atom stereocenters. The summed E-state index contributed by atoms with van der Waals surface area (Å²) < 4.78 is 8.88. The van der Waals surface area contributed by atoms with Crippen molar-refractivity contribution in [2.24, 2.45) is 0 Å². The van der Waals surface area contributed by atoms with Crippen LogP contribution in [-0.2, 0) is 9.36 Å². The average Bonchev–Trinajstić information content (AvgIpc) is 2.62. The summed E-state index contributed by atoms with van der Waals surface area (Å²) in [6.45, 7) is 2.28. The van der Waals surface area contributed by atoms with Crippen LogP contribution in [0.2, 0.25) is 0 Å². The first-order valence-corrected chi connectivity index (χ1v) is 13.3. The molecule has 0 bridgehead atoms. The van der Waals surface area contributed by atoms with Crippen LogP contribution in [-0.4, -0.2) is 48.8 Å². The largest absolute Gasteiger partial charge is 2.00 e. The van der Waals surface area contributed by atoms with E-state index in [2.05, 4.69) is 6.92 Å². The molecule has 0 heterocycles. The monoisotopic (exact) mass is 464 g/mol. The van der Waals surface area contributed by atoms with Gasteiger partial charge in [-0.3, -0.25) is 4.79 Å². The second-order valence-electron chi connectivity index (χ2n) is 8.02. The predicted octanol–water partition coefficient (Wildman–Crippen LogP) is 6.81. The summed E-state index contributed by atoms with van der Waals surface area (Å²) >= 11 is 0. The number of carboxylic acids is 1. The van der Waals surface area contributed by atoms with Crippen molar-refractivity contribution < 1.29 is 32.0 Å². The van der Waals surface area contributed by atoms with E-state index in [-0.39, 0.29) is 25.9 Å². The van der Waals surface area contributed by atoms with E-state index < -0.39 is 13.8 Å². The molecule has 0 rings (SSSR count). The van der Waals surface area contributed by atoms with Gasteiger partial charge in [0.05, 0.1) is 0 Å². The summed E-state index contributed by atoms with van der Waals surface area (Å²) in [5, 5.41) is 8.56. The Balaban J connectivity index is -0.000000272. The molecule has 0 fully saturated rings. The van der Waals surface area contributed by atoms with Gasteiger partial charge in [-0.2, -0.15) is 0 Å². The molecule has 0 radical (unpaired) electrons. The zero-order valence-corrected chi connectivity index (χ0v) is 21.7. The third kappa shape index (κ3) is 46.5. The zero-order chi connectivity index (χ0) is 22.2. The van der Waals surface area contributed by atoms with E-state index in [9.17, 15) is 4.79 Å². The molecule has 30 heavy (non-hydrogen) atoms. The van der Waals surface area contributed by atoms with Crippen molar-refractivity contribution in [3.8, 4) is 0 Å². The Labute approximate surface area is 204 Å². The first-order chi connectivity index (χ1) is 13.8. The molecule has 0 aromatic heterocycles. The summed E-state index contributed by atoms with van der Waals surface area (Å²) in [6, 6.07) is 0. The molecule has 0 saturated heterocycles. The molecule has 0 aliphatic carbocycles. The quantitative estimate of drug-likeness (QED) is 0.0893. The summed E-state index contributed by atoms with van der Waals surface area (Å²) in [6.07, 6.45) is 26.1. The topological polar surface area (TPSA) is 115 Å². The Morgan fingerprint density at radius 2 is 0.800 bits per heavy atom. The average molecular weight is 465 g/mol. The fourth-order valence-corrected chi connectivity index (χ4v) is 3.35. The van der Waals surface area contributed by atoms with E-state index in [1.54, 1.807) is 0 Å². The molecule has 0 amide bonds. The van der Waals surface area contributed by atoms with Crippen LogP contribution in [0, 0.1) is 0 Å². The number of unbranched alkanes of at least 4 members (excludes halogenated alkanes) is 18. The molecule has 0 saturated carbocycles. The number of phosphoric acid groups is 1. The molecule has 0 aromatic rings. The van der Waals surface area contributed by atoms with Crippen LogP contribution in [0.5, 0.6) is 0 Å². The van der Waals surface area contributed by atoms with Gasteiger partial charge in [-0.25, -0.2) is 4.57 Å². The second kappa shape index (κ2) is 27.4. The van der Waals surface area contributed by atoms with Gasteiger partial charge in [0.15, 0.2) is 0 Å². The van der Waals surface area contributed by atoms with Crippen LogP contribution in [0.15, 0.2) is 0 Å². The van der Waals surface area contributed by atoms with E-state index in [4.69, 9.17) is 24.4 Å². The number of hydrogen-bond donors (Lipinski definition) is 4. The third-order valence-electron chi connectivity index (χ3n) is 4.99.